The summed E-state index contributed by atoms with van der Waals surface area (Å²) in [5, 5.41) is 15.9. The first-order valence-corrected chi connectivity index (χ1v) is 15.5. The number of aliphatic carboxylic acids is 1. The second-order valence-electron chi connectivity index (χ2n) is 10.2. The lowest BCUT2D eigenvalue weighted by molar-refractivity contribution is -0.940. The summed E-state index contributed by atoms with van der Waals surface area (Å²) in [7, 11) is -3.66. The second-order valence-corrected chi connectivity index (χ2v) is 12.9. The molecule has 230 valence electrons. The van der Waals surface area contributed by atoms with Crippen molar-refractivity contribution in [3.63, 3.8) is 0 Å². The number of carbonyl (C=O) groups is 4. The number of rotatable bonds is 8. The van der Waals surface area contributed by atoms with Gasteiger partial charge in [-0.25, -0.2) is 13.2 Å². The van der Waals surface area contributed by atoms with Gasteiger partial charge in [-0.2, -0.15) is 9.36 Å². The Morgan fingerprint density at radius 2 is 1.88 bits per heavy atom. The number of nitrogens with zero attached hydrogens (tertiary/aromatic N) is 5. The van der Waals surface area contributed by atoms with Gasteiger partial charge in [0, 0.05) is 42.1 Å². The molecule has 42 heavy (non-hydrogen) atoms. The predicted octanol–water partition coefficient (Wildman–Crippen LogP) is -2.30. The fourth-order valence-corrected chi connectivity index (χ4v) is 7.47. The zero-order valence-corrected chi connectivity index (χ0v) is 24.5. The maximum Gasteiger partial charge on any atom is 0.352 e. The summed E-state index contributed by atoms with van der Waals surface area (Å²) in [6, 6.07) is -0.945. The number of carbonyl (C=O) groups excluding carboxylic acids is 3. The maximum absolute atomic E-state index is 13.1. The molecule has 1 aromatic heterocycles. The van der Waals surface area contributed by atoms with Crippen LogP contribution in [0.1, 0.15) is 25.1 Å². The van der Waals surface area contributed by atoms with Crippen molar-refractivity contribution in [1.29, 1.82) is 0 Å². The smallest absolute Gasteiger partial charge is 0.352 e. The average Bonchev–Trinajstić information content (AvgIpc) is 3.35. The van der Waals surface area contributed by atoms with Crippen molar-refractivity contribution in [2.75, 3.05) is 44.8 Å². The number of amides is 3. The predicted molar refractivity (Wildman–Crippen MR) is 145 cm³/mol. The number of thioether (sulfide) groups is 1. The number of primary amides is 1. The minimum absolute atomic E-state index is 0.0243. The number of oxime groups is 1. The van der Waals surface area contributed by atoms with Crippen LogP contribution in [0, 0.1) is 5.41 Å². The zero-order chi connectivity index (χ0) is 31.0. The number of aromatic nitrogens is 2. The molecule has 4 saturated heterocycles. The molecule has 4 fully saturated rings. The summed E-state index contributed by atoms with van der Waals surface area (Å²) < 4.78 is 37.5. The topological polar surface area (TPSA) is 281 Å². The lowest BCUT2D eigenvalue weighted by Gasteiger charge is -2.55. The third-order valence-corrected chi connectivity index (χ3v) is 9.71. The van der Waals surface area contributed by atoms with Crippen molar-refractivity contribution in [2.24, 2.45) is 16.3 Å². The molecule has 3 amide bonds. The van der Waals surface area contributed by atoms with Crippen LogP contribution < -0.4 is 16.8 Å². The Kier molecular flexibility index (Phi) is 8.81. The van der Waals surface area contributed by atoms with Crippen LogP contribution in [0.3, 0.4) is 0 Å². The monoisotopic (exact) mass is 648 g/mol. The molecule has 18 nitrogen and oxygen atoms in total. The van der Waals surface area contributed by atoms with E-state index < -0.39 is 45.0 Å². The molecule has 5 aliphatic rings. The Balaban J connectivity index is 0.000000748. The first kappa shape index (κ1) is 31.6. The SMILES string of the molecule is CON=C(C(=O)NC1C(=O)N2C(C(=O)O)=C(C[N+]34CCC(C(N)=O)(CC3)CC4)CS[C@H]12)c1nsc(N)n1.O=S(=O)([O-])O. The third-order valence-electron chi connectivity index (χ3n) is 7.83. The first-order valence-electron chi connectivity index (χ1n) is 12.3. The molecule has 21 heteroatoms. The fourth-order valence-electron chi connectivity index (χ4n) is 5.70. The highest BCUT2D eigenvalue weighted by Crippen LogP contribution is 2.46. The summed E-state index contributed by atoms with van der Waals surface area (Å²) in [6.45, 7) is 2.74. The largest absolute Gasteiger partial charge is 0.726 e. The Morgan fingerprint density at radius 1 is 1.29 bits per heavy atom. The minimum atomic E-state index is -4.92. The molecular formula is C21H28N8O10S3. The van der Waals surface area contributed by atoms with Crippen LogP contribution in [0.25, 0.3) is 0 Å². The number of carboxylic acid groups (broad SMARTS) is 1. The van der Waals surface area contributed by atoms with Crippen LogP contribution in [0.2, 0.25) is 0 Å². The fraction of sp³-hybridized carbons (Fsp3) is 0.571. The quantitative estimate of drug-likeness (QED) is 0.0495. The van der Waals surface area contributed by atoms with Gasteiger partial charge < -0.3 is 35.8 Å². The van der Waals surface area contributed by atoms with Crippen LogP contribution in [-0.2, 0) is 34.4 Å². The number of β-lactam (4-membered cyclic amide) rings is 1. The van der Waals surface area contributed by atoms with E-state index in [0.29, 0.717) is 41.6 Å². The van der Waals surface area contributed by atoms with Crippen molar-refractivity contribution >= 4 is 68.2 Å². The molecule has 0 saturated carbocycles. The molecule has 2 bridgehead atoms. The molecule has 1 aromatic rings. The van der Waals surface area contributed by atoms with Gasteiger partial charge in [-0.15, -0.1) is 11.8 Å². The van der Waals surface area contributed by atoms with Gasteiger partial charge >= 0.3 is 5.97 Å². The minimum Gasteiger partial charge on any atom is -0.726 e. The maximum atomic E-state index is 13.1. The van der Waals surface area contributed by atoms with E-state index in [1.807, 2.05) is 0 Å². The first-order chi connectivity index (χ1) is 19.6. The van der Waals surface area contributed by atoms with Gasteiger partial charge in [0.2, 0.25) is 27.8 Å². The third kappa shape index (κ3) is 6.34. The lowest BCUT2D eigenvalue weighted by atomic mass is 9.70. The Morgan fingerprint density at radius 3 is 2.36 bits per heavy atom. The molecule has 5 aliphatic heterocycles. The average molecular weight is 649 g/mol. The highest BCUT2D eigenvalue weighted by Gasteiger charge is 2.57. The number of hydrogen-bond donors (Lipinski definition) is 5. The van der Waals surface area contributed by atoms with Crippen LogP contribution in [-0.4, -0.2) is 121 Å². The highest BCUT2D eigenvalue weighted by molar-refractivity contribution is 8.00. The highest BCUT2D eigenvalue weighted by atomic mass is 32.3. The molecule has 6 heterocycles. The van der Waals surface area contributed by atoms with E-state index in [1.54, 1.807) is 0 Å². The van der Waals surface area contributed by atoms with Crippen LogP contribution in [0.4, 0.5) is 5.13 Å². The van der Waals surface area contributed by atoms with Gasteiger partial charge in [-0.3, -0.25) is 23.8 Å². The van der Waals surface area contributed by atoms with Gasteiger partial charge in [0.15, 0.2) is 5.13 Å². The Labute approximate surface area is 247 Å². The molecule has 0 aromatic carbocycles. The van der Waals surface area contributed by atoms with Gasteiger partial charge in [0.05, 0.1) is 25.0 Å². The van der Waals surface area contributed by atoms with Crippen molar-refractivity contribution in [3.05, 3.63) is 17.1 Å². The summed E-state index contributed by atoms with van der Waals surface area (Å²) >= 11 is 2.28. The van der Waals surface area contributed by atoms with Crippen LogP contribution in [0.5, 0.6) is 0 Å². The van der Waals surface area contributed by atoms with Gasteiger partial charge in [-0.1, -0.05) is 5.16 Å². The van der Waals surface area contributed by atoms with E-state index in [9.17, 15) is 24.3 Å². The number of piperidine rings is 3. The van der Waals surface area contributed by atoms with E-state index in [4.69, 9.17) is 33.8 Å². The molecule has 0 spiro atoms. The molecule has 6 rings (SSSR count). The standard InChI is InChI=1S/C21H26N8O6S2.H2O4S/c1-35-26-11(14-25-20(23)37-27-14)15(30)24-12-16(31)28-13(18(32)33)10(9-36-17(12)28)8-29-5-2-21(3-6-29,4-7-29)19(22)34;1-5(2,3)4/h12,17H,2-9H2,1H3,(H5-,22,23,24,25,27,30,32,33,34);(H2,1,2,3,4)/t12?,17-,21?,29?;/m1./s1. The number of nitrogens with two attached hydrogens (primary N) is 2. The van der Waals surface area contributed by atoms with E-state index in [1.165, 1.54) is 23.8 Å². The van der Waals surface area contributed by atoms with Crippen LogP contribution in [0.15, 0.2) is 16.4 Å². The molecule has 2 atom stereocenters. The summed E-state index contributed by atoms with van der Waals surface area (Å²) in [5.41, 5.74) is 11.2. The van der Waals surface area contributed by atoms with Crippen molar-refractivity contribution in [1.82, 2.24) is 19.6 Å². The Hall–Kier alpha value is -3.37. The van der Waals surface area contributed by atoms with E-state index >= 15 is 0 Å². The van der Waals surface area contributed by atoms with Gasteiger partial charge in [-0.05, 0) is 0 Å². The number of anilines is 1. The number of nitrogen functional groups attached to an aromatic ring is 1. The summed E-state index contributed by atoms with van der Waals surface area (Å²) in [4.78, 5) is 60.2. The van der Waals surface area contributed by atoms with Crippen LogP contribution >= 0.6 is 23.3 Å². The molecular weight excluding hydrogens is 620 g/mol. The Bertz CT molecular complexity index is 1440. The normalized spacial score (nSPS) is 28.7. The van der Waals surface area contributed by atoms with Crippen molar-refractivity contribution in [2.45, 2.75) is 30.7 Å². The van der Waals surface area contributed by atoms with Gasteiger partial charge in [0.1, 0.15) is 30.8 Å². The molecule has 0 radical (unpaired) electrons. The summed E-state index contributed by atoms with van der Waals surface area (Å²) in [6.07, 6.45) is 2.07. The number of carboxylic acids is 1. The van der Waals surface area contributed by atoms with E-state index in [2.05, 4.69) is 19.8 Å². The molecule has 1 unspecified atom stereocenters. The number of fused-ring (bicyclic) bond motifs is 4. The van der Waals surface area contributed by atoms with Gasteiger partial charge in [0.25, 0.3) is 11.8 Å². The van der Waals surface area contributed by atoms with E-state index in [-0.39, 0.29) is 28.3 Å². The molecule has 7 N–H and O–H groups in total. The number of hydrogen-bond acceptors (Lipinski definition) is 14. The number of quaternary nitrogens is 1. The summed E-state index contributed by atoms with van der Waals surface area (Å²) in [5.74, 6) is -2.31. The van der Waals surface area contributed by atoms with E-state index in [0.717, 1.165) is 31.2 Å². The molecule has 0 aliphatic carbocycles. The second kappa shape index (κ2) is 11.7. The lowest BCUT2D eigenvalue weighted by Crippen LogP contribution is -2.71. The zero-order valence-electron chi connectivity index (χ0n) is 22.1. The van der Waals surface area contributed by atoms with Crippen molar-refractivity contribution in [3.8, 4) is 0 Å². The van der Waals surface area contributed by atoms with Crippen molar-refractivity contribution < 1.29 is 51.1 Å². The number of nitrogens with one attached hydrogen (secondary N) is 1.